The first-order valence-electron chi connectivity index (χ1n) is 5.11. The van der Waals surface area contributed by atoms with Crippen LogP contribution >= 0.6 is 0 Å². The number of carbonyl (C=O) groups is 1. The molecule has 0 aromatic carbocycles. The van der Waals surface area contributed by atoms with Gasteiger partial charge in [0.25, 0.3) is 0 Å². The lowest BCUT2D eigenvalue weighted by atomic mass is 10.1. The maximum Gasteiger partial charge on any atom is 0.249 e. The minimum Gasteiger partial charge on any atom is -0.342 e. The Morgan fingerprint density at radius 3 is 2.62 bits per heavy atom. The van der Waals surface area contributed by atoms with E-state index in [4.69, 9.17) is 0 Å². The molecule has 0 bridgehead atoms. The second-order valence-electron chi connectivity index (χ2n) is 3.84. The summed E-state index contributed by atoms with van der Waals surface area (Å²) in [5.41, 5.74) is 2.36. The first-order chi connectivity index (χ1) is 6.16. The molecule has 0 aliphatic heterocycles. The number of amides is 1. The number of nitrogens with zero attached hydrogens (tertiary/aromatic N) is 1. The molecule has 0 spiro atoms. The maximum atomic E-state index is 11.8. The molecular formula is C11H19NO. The van der Waals surface area contributed by atoms with Crippen molar-refractivity contribution >= 4 is 5.91 Å². The standard InChI is InChI=1S/C11H19NO/c1-4-8-12(3)11(13)10-7-5-6-9(10)2/h4-8H2,1-3H3. The third-order valence-corrected chi connectivity index (χ3v) is 2.66. The molecule has 0 atom stereocenters. The zero-order chi connectivity index (χ0) is 9.84. The molecule has 1 aliphatic carbocycles. The van der Waals surface area contributed by atoms with Crippen molar-refractivity contribution in [2.45, 2.75) is 39.5 Å². The number of likely N-dealkylation sites (N-methyl/N-ethyl adjacent to an activating group) is 1. The van der Waals surface area contributed by atoms with Crippen LogP contribution in [-0.4, -0.2) is 24.4 Å². The van der Waals surface area contributed by atoms with Crippen LogP contribution in [0.2, 0.25) is 0 Å². The molecule has 1 rings (SSSR count). The summed E-state index contributed by atoms with van der Waals surface area (Å²) >= 11 is 0. The first-order valence-corrected chi connectivity index (χ1v) is 5.11. The Kier molecular flexibility index (Phi) is 3.52. The zero-order valence-electron chi connectivity index (χ0n) is 8.89. The Bertz CT molecular complexity index is 230. The monoisotopic (exact) mass is 181 g/mol. The maximum absolute atomic E-state index is 11.8. The molecule has 0 N–H and O–H groups in total. The molecule has 13 heavy (non-hydrogen) atoms. The van der Waals surface area contributed by atoms with Crippen molar-refractivity contribution in [3.05, 3.63) is 11.1 Å². The molecule has 2 nitrogen and oxygen atoms in total. The number of carbonyl (C=O) groups excluding carboxylic acids is 1. The van der Waals surface area contributed by atoms with Gasteiger partial charge >= 0.3 is 0 Å². The number of rotatable bonds is 3. The SMILES string of the molecule is CCCN(C)C(=O)C1=C(C)CCC1. The highest BCUT2D eigenvalue weighted by Gasteiger charge is 2.20. The Hall–Kier alpha value is -0.790. The van der Waals surface area contributed by atoms with E-state index in [1.54, 1.807) is 0 Å². The fourth-order valence-corrected chi connectivity index (χ4v) is 1.85. The van der Waals surface area contributed by atoms with E-state index in [0.29, 0.717) is 0 Å². The van der Waals surface area contributed by atoms with E-state index in [-0.39, 0.29) is 5.91 Å². The lowest BCUT2D eigenvalue weighted by Gasteiger charge is -2.17. The van der Waals surface area contributed by atoms with E-state index in [1.165, 1.54) is 5.57 Å². The van der Waals surface area contributed by atoms with Crippen molar-refractivity contribution in [1.82, 2.24) is 4.90 Å². The van der Waals surface area contributed by atoms with Crippen molar-refractivity contribution < 1.29 is 4.79 Å². The van der Waals surface area contributed by atoms with E-state index in [1.807, 2.05) is 11.9 Å². The van der Waals surface area contributed by atoms with Crippen LogP contribution in [0.1, 0.15) is 39.5 Å². The van der Waals surface area contributed by atoms with Crippen LogP contribution in [0.3, 0.4) is 0 Å². The van der Waals surface area contributed by atoms with Crippen LogP contribution in [-0.2, 0) is 4.79 Å². The summed E-state index contributed by atoms with van der Waals surface area (Å²) in [6, 6.07) is 0. The Balaban J connectivity index is 2.61. The van der Waals surface area contributed by atoms with Crippen molar-refractivity contribution in [1.29, 1.82) is 0 Å². The number of hydrogen-bond donors (Lipinski definition) is 0. The van der Waals surface area contributed by atoms with Crippen LogP contribution in [0.4, 0.5) is 0 Å². The number of hydrogen-bond acceptors (Lipinski definition) is 1. The predicted molar refractivity (Wildman–Crippen MR) is 54.5 cm³/mol. The molecule has 0 heterocycles. The minimum absolute atomic E-state index is 0.247. The van der Waals surface area contributed by atoms with E-state index < -0.39 is 0 Å². The zero-order valence-corrected chi connectivity index (χ0v) is 8.89. The highest BCUT2D eigenvalue weighted by atomic mass is 16.2. The van der Waals surface area contributed by atoms with E-state index in [0.717, 1.165) is 37.8 Å². The Morgan fingerprint density at radius 1 is 1.46 bits per heavy atom. The summed E-state index contributed by atoms with van der Waals surface area (Å²) in [5.74, 6) is 0.247. The highest BCUT2D eigenvalue weighted by Crippen LogP contribution is 2.26. The third-order valence-electron chi connectivity index (χ3n) is 2.66. The molecule has 1 amide bonds. The largest absolute Gasteiger partial charge is 0.342 e. The predicted octanol–water partition coefficient (Wildman–Crippen LogP) is 2.36. The first kappa shape index (κ1) is 10.3. The molecule has 2 heteroatoms. The van der Waals surface area contributed by atoms with Gasteiger partial charge in [-0.2, -0.15) is 0 Å². The van der Waals surface area contributed by atoms with Crippen LogP contribution in [0, 0.1) is 0 Å². The summed E-state index contributed by atoms with van der Waals surface area (Å²) < 4.78 is 0. The molecule has 1 aliphatic rings. The molecule has 0 aromatic rings. The third kappa shape index (κ3) is 2.33. The summed E-state index contributed by atoms with van der Waals surface area (Å²) in [6.45, 7) is 5.05. The summed E-state index contributed by atoms with van der Waals surface area (Å²) in [6.07, 6.45) is 4.29. The Morgan fingerprint density at radius 2 is 2.15 bits per heavy atom. The van der Waals surface area contributed by atoms with Gasteiger partial charge in [-0.25, -0.2) is 0 Å². The Labute approximate surface area is 80.6 Å². The minimum atomic E-state index is 0.247. The second kappa shape index (κ2) is 4.45. The lowest BCUT2D eigenvalue weighted by molar-refractivity contribution is -0.126. The van der Waals surface area contributed by atoms with Crippen LogP contribution in [0.25, 0.3) is 0 Å². The van der Waals surface area contributed by atoms with Gasteiger partial charge in [0.05, 0.1) is 0 Å². The second-order valence-corrected chi connectivity index (χ2v) is 3.84. The van der Waals surface area contributed by atoms with Gasteiger partial charge in [0.1, 0.15) is 0 Å². The van der Waals surface area contributed by atoms with Crippen molar-refractivity contribution in [3.8, 4) is 0 Å². The van der Waals surface area contributed by atoms with Gasteiger partial charge in [0, 0.05) is 19.2 Å². The topological polar surface area (TPSA) is 20.3 Å². The van der Waals surface area contributed by atoms with E-state index >= 15 is 0 Å². The fraction of sp³-hybridized carbons (Fsp3) is 0.727. The van der Waals surface area contributed by atoms with Crippen molar-refractivity contribution in [3.63, 3.8) is 0 Å². The fourth-order valence-electron chi connectivity index (χ4n) is 1.85. The summed E-state index contributed by atoms with van der Waals surface area (Å²) in [4.78, 5) is 13.7. The van der Waals surface area contributed by atoms with E-state index in [2.05, 4.69) is 13.8 Å². The van der Waals surface area contributed by atoms with Gasteiger partial charge in [-0.05, 0) is 32.6 Å². The molecule has 0 saturated carbocycles. The molecule has 0 radical (unpaired) electrons. The average molecular weight is 181 g/mol. The highest BCUT2D eigenvalue weighted by molar-refractivity contribution is 5.94. The van der Waals surface area contributed by atoms with Crippen LogP contribution in [0.15, 0.2) is 11.1 Å². The lowest BCUT2D eigenvalue weighted by Crippen LogP contribution is -2.28. The molecule has 74 valence electrons. The summed E-state index contributed by atoms with van der Waals surface area (Å²) in [7, 11) is 1.89. The van der Waals surface area contributed by atoms with Gasteiger partial charge in [0.2, 0.25) is 5.91 Å². The van der Waals surface area contributed by atoms with Crippen molar-refractivity contribution in [2.75, 3.05) is 13.6 Å². The number of allylic oxidation sites excluding steroid dienone is 1. The van der Waals surface area contributed by atoms with Gasteiger partial charge in [-0.1, -0.05) is 12.5 Å². The molecular weight excluding hydrogens is 162 g/mol. The van der Waals surface area contributed by atoms with Crippen molar-refractivity contribution in [2.24, 2.45) is 0 Å². The van der Waals surface area contributed by atoms with Gasteiger partial charge in [-0.3, -0.25) is 4.79 Å². The van der Waals surface area contributed by atoms with Crippen LogP contribution < -0.4 is 0 Å². The molecule has 0 fully saturated rings. The van der Waals surface area contributed by atoms with Gasteiger partial charge in [-0.15, -0.1) is 0 Å². The smallest absolute Gasteiger partial charge is 0.249 e. The van der Waals surface area contributed by atoms with E-state index in [9.17, 15) is 4.79 Å². The normalized spacial score (nSPS) is 16.5. The summed E-state index contributed by atoms with van der Waals surface area (Å²) in [5, 5.41) is 0. The molecule has 0 aromatic heterocycles. The quantitative estimate of drug-likeness (QED) is 0.654. The van der Waals surface area contributed by atoms with Gasteiger partial charge in [0.15, 0.2) is 0 Å². The molecule has 0 saturated heterocycles. The average Bonchev–Trinajstić information content (AvgIpc) is 2.50. The molecule has 0 unspecified atom stereocenters. The van der Waals surface area contributed by atoms with Crippen LogP contribution in [0.5, 0.6) is 0 Å². The van der Waals surface area contributed by atoms with Gasteiger partial charge < -0.3 is 4.90 Å².